The van der Waals surface area contributed by atoms with Crippen LogP contribution in [0.5, 0.6) is 5.75 Å². The average molecular weight is 358 g/mol. The Morgan fingerprint density at radius 2 is 2.18 bits per heavy atom. The molecule has 1 atom stereocenters. The smallest absolute Gasteiger partial charge is 0.246 e. The zero-order chi connectivity index (χ0) is 15.7. The van der Waals surface area contributed by atoms with Crippen LogP contribution in [0.3, 0.4) is 0 Å². The first-order valence-corrected chi connectivity index (χ1v) is 9.64. The summed E-state index contributed by atoms with van der Waals surface area (Å²) in [5.41, 5.74) is 1.21. The van der Waals surface area contributed by atoms with Gasteiger partial charge in [0.2, 0.25) is 10.0 Å². The second-order valence-corrected chi connectivity index (χ2v) is 8.32. The fourth-order valence-corrected chi connectivity index (χ4v) is 5.38. The minimum atomic E-state index is -3.60. The molecule has 1 aromatic carbocycles. The van der Waals surface area contributed by atoms with Crippen molar-refractivity contribution in [3.63, 3.8) is 0 Å². The van der Waals surface area contributed by atoms with Crippen molar-refractivity contribution >= 4 is 33.0 Å². The van der Waals surface area contributed by atoms with Gasteiger partial charge in [0, 0.05) is 18.1 Å². The molecule has 0 N–H and O–H groups in total. The van der Waals surface area contributed by atoms with E-state index < -0.39 is 10.0 Å². The molecule has 3 rings (SSSR count). The largest absolute Gasteiger partial charge is 0.495 e. The number of methoxy groups -OCH3 is 1. The van der Waals surface area contributed by atoms with Gasteiger partial charge in [-0.15, -0.1) is 0 Å². The number of rotatable bonds is 4. The maximum atomic E-state index is 12.9. The fourth-order valence-electron chi connectivity index (χ4n) is 2.72. The van der Waals surface area contributed by atoms with Crippen molar-refractivity contribution in [1.82, 2.24) is 4.31 Å². The molecule has 1 fully saturated rings. The lowest BCUT2D eigenvalue weighted by molar-refractivity contribution is 0.398. The van der Waals surface area contributed by atoms with Gasteiger partial charge in [0.05, 0.1) is 7.11 Å². The van der Waals surface area contributed by atoms with Gasteiger partial charge in [0.25, 0.3) is 0 Å². The summed E-state index contributed by atoms with van der Waals surface area (Å²) in [5, 5.41) is 4.49. The maximum Gasteiger partial charge on any atom is 0.246 e. The van der Waals surface area contributed by atoms with E-state index in [1.807, 2.05) is 5.38 Å². The van der Waals surface area contributed by atoms with Crippen molar-refractivity contribution in [2.45, 2.75) is 17.2 Å². The monoisotopic (exact) mass is 357 g/mol. The van der Waals surface area contributed by atoms with Gasteiger partial charge in [-0.3, -0.25) is 0 Å². The van der Waals surface area contributed by atoms with E-state index in [1.165, 1.54) is 23.0 Å². The van der Waals surface area contributed by atoms with E-state index >= 15 is 0 Å². The molecule has 118 valence electrons. The molecule has 0 spiro atoms. The summed E-state index contributed by atoms with van der Waals surface area (Å²) in [4.78, 5) is 0.133. The molecule has 1 aromatic heterocycles. The first kappa shape index (κ1) is 15.8. The number of benzene rings is 1. The molecule has 4 nitrogen and oxygen atoms in total. The third kappa shape index (κ3) is 2.88. The van der Waals surface area contributed by atoms with Gasteiger partial charge in [0.15, 0.2) is 0 Å². The highest BCUT2D eigenvalue weighted by Crippen LogP contribution is 2.35. The highest BCUT2D eigenvalue weighted by atomic mass is 35.5. The minimum absolute atomic E-state index is 0.133. The molecular weight excluding hydrogens is 342 g/mol. The molecule has 0 amide bonds. The van der Waals surface area contributed by atoms with Crippen LogP contribution in [0.2, 0.25) is 5.02 Å². The van der Waals surface area contributed by atoms with Crippen LogP contribution >= 0.6 is 22.9 Å². The Morgan fingerprint density at radius 3 is 2.86 bits per heavy atom. The summed E-state index contributed by atoms with van der Waals surface area (Å²) in [7, 11) is -2.14. The van der Waals surface area contributed by atoms with Gasteiger partial charge in [-0.05, 0) is 52.9 Å². The van der Waals surface area contributed by atoms with Crippen molar-refractivity contribution in [1.29, 1.82) is 0 Å². The summed E-state index contributed by atoms with van der Waals surface area (Å²) in [6.45, 7) is 1.01. The number of hydrogen-bond acceptors (Lipinski definition) is 4. The topological polar surface area (TPSA) is 46.6 Å². The van der Waals surface area contributed by atoms with Crippen LogP contribution in [0.4, 0.5) is 0 Å². The SMILES string of the molecule is COc1ccc(Cl)cc1S(=O)(=O)N1CCC(c2ccsc2)C1. The fraction of sp³-hybridized carbons (Fsp3) is 0.333. The Bertz CT molecular complexity index is 759. The average Bonchev–Trinajstić information content (AvgIpc) is 3.18. The van der Waals surface area contributed by atoms with Crippen molar-refractivity contribution in [2.24, 2.45) is 0 Å². The first-order chi connectivity index (χ1) is 10.5. The summed E-state index contributed by atoms with van der Waals surface area (Å²) in [6.07, 6.45) is 0.832. The quantitative estimate of drug-likeness (QED) is 0.840. The van der Waals surface area contributed by atoms with Crippen molar-refractivity contribution in [2.75, 3.05) is 20.2 Å². The standard InChI is InChI=1S/C15H16ClNO3S2/c1-20-14-3-2-13(16)8-15(14)22(18,19)17-6-4-11(9-17)12-5-7-21-10-12/h2-3,5,7-8,10-11H,4,6,9H2,1H3. The van der Waals surface area contributed by atoms with Gasteiger partial charge in [-0.25, -0.2) is 8.42 Å². The molecule has 2 heterocycles. The van der Waals surface area contributed by atoms with Gasteiger partial charge < -0.3 is 4.74 Å². The molecule has 22 heavy (non-hydrogen) atoms. The molecule has 1 unspecified atom stereocenters. The molecule has 1 saturated heterocycles. The third-order valence-corrected chi connectivity index (χ3v) is 6.73. The Balaban J connectivity index is 1.90. The summed E-state index contributed by atoms with van der Waals surface area (Å²) in [6, 6.07) is 6.72. The first-order valence-electron chi connectivity index (χ1n) is 6.88. The predicted molar refractivity (Wildman–Crippen MR) is 88.4 cm³/mol. The number of sulfonamides is 1. The summed E-state index contributed by atoms with van der Waals surface area (Å²) in [5.74, 6) is 0.578. The van der Waals surface area contributed by atoms with Gasteiger partial charge in [-0.1, -0.05) is 11.6 Å². The number of hydrogen-bond donors (Lipinski definition) is 0. The third-order valence-electron chi connectivity index (χ3n) is 3.91. The highest BCUT2D eigenvalue weighted by molar-refractivity contribution is 7.89. The molecule has 1 aliphatic heterocycles. The van der Waals surface area contributed by atoms with E-state index in [0.717, 1.165) is 6.42 Å². The van der Waals surface area contributed by atoms with Crippen LogP contribution in [-0.4, -0.2) is 32.9 Å². The summed E-state index contributed by atoms with van der Waals surface area (Å²) < 4.78 is 32.4. The lowest BCUT2D eigenvalue weighted by Crippen LogP contribution is -2.29. The normalized spacial score (nSPS) is 19.5. The van der Waals surface area contributed by atoms with Crippen molar-refractivity contribution in [3.05, 3.63) is 45.6 Å². The molecule has 0 radical (unpaired) electrons. The lowest BCUT2D eigenvalue weighted by atomic mass is 10.0. The second-order valence-electron chi connectivity index (χ2n) is 5.20. The number of thiophene rings is 1. The van der Waals surface area contributed by atoms with Gasteiger partial charge in [-0.2, -0.15) is 15.6 Å². The lowest BCUT2D eigenvalue weighted by Gasteiger charge is -2.18. The molecule has 0 saturated carbocycles. The van der Waals surface area contributed by atoms with E-state index in [1.54, 1.807) is 23.5 Å². The van der Waals surface area contributed by atoms with Crippen LogP contribution < -0.4 is 4.74 Å². The zero-order valence-corrected chi connectivity index (χ0v) is 14.4. The molecule has 2 aromatic rings. The second kappa shape index (κ2) is 6.20. The molecule has 1 aliphatic rings. The van der Waals surface area contributed by atoms with Crippen LogP contribution in [0.15, 0.2) is 39.9 Å². The van der Waals surface area contributed by atoms with Crippen LogP contribution in [0.1, 0.15) is 17.9 Å². The maximum absolute atomic E-state index is 12.9. The number of nitrogens with zero attached hydrogens (tertiary/aromatic N) is 1. The number of ether oxygens (including phenoxy) is 1. The van der Waals surface area contributed by atoms with E-state index in [2.05, 4.69) is 11.4 Å². The van der Waals surface area contributed by atoms with Crippen molar-refractivity contribution in [3.8, 4) is 5.75 Å². The minimum Gasteiger partial charge on any atom is -0.495 e. The van der Waals surface area contributed by atoms with Gasteiger partial charge >= 0.3 is 0 Å². The van der Waals surface area contributed by atoms with E-state index in [4.69, 9.17) is 16.3 Å². The molecule has 0 bridgehead atoms. The van der Waals surface area contributed by atoms with E-state index in [-0.39, 0.29) is 10.8 Å². The van der Waals surface area contributed by atoms with Crippen molar-refractivity contribution < 1.29 is 13.2 Å². The Morgan fingerprint density at radius 1 is 1.36 bits per heavy atom. The summed E-state index contributed by atoms with van der Waals surface area (Å²) >= 11 is 7.59. The van der Waals surface area contributed by atoms with E-state index in [9.17, 15) is 8.42 Å². The predicted octanol–water partition coefficient (Wildman–Crippen LogP) is 3.59. The van der Waals surface area contributed by atoms with Crippen LogP contribution in [0, 0.1) is 0 Å². The zero-order valence-electron chi connectivity index (χ0n) is 12.0. The van der Waals surface area contributed by atoms with Crippen LogP contribution in [0.25, 0.3) is 0 Å². The molecule has 7 heteroatoms. The highest BCUT2D eigenvalue weighted by Gasteiger charge is 2.35. The Labute approximate surface area is 139 Å². The Kier molecular flexibility index (Phi) is 4.45. The molecular formula is C15H16ClNO3S2. The van der Waals surface area contributed by atoms with Crippen LogP contribution in [-0.2, 0) is 10.0 Å². The van der Waals surface area contributed by atoms with E-state index in [0.29, 0.717) is 23.9 Å². The number of halogens is 1. The Hall–Kier alpha value is -1.08. The molecule has 0 aliphatic carbocycles. The van der Waals surface area contributed by atoms with Gasteiger partial charge in [0.1, 0.15) is 10.6 Å².